The van der Waals surface area contributed by atoms with Gasteiger partial charge in [0.2, 0.25) is 5.91 Å². The number of benzene rings is 1. The van der Waals surface area contributed by atoms with Crippen LogP contribution in [0.3, 0.4) is 0 Å². The predicted molar refractivity (Wildman–Crippen MR) is 83.2 cm³/mol. The smallest absolute Gasteiger partial charge is 0.226 e. The molecule has 0 aliphatic rings. The minimum absolute atomic E-state index is 0.0100. The Morgan fingerprint density at radius 3 is 2.80 bits per heavy atom. The molecule has 2 aromatic rings. The van der Waals surface area contributed by atoms with Crippen molar-refractivity contribution in [1.29, 1.82) is 0 Å². The molecule has 2 rings (SSSR count). The quantitative estimate of drug-likeness (QED) is 0.859. The largest absolute Gasteiger partial charge is 0.326 e. The van der Waals surface area contributed by atoms with Crippen LogP contribution in [0, 0.1) is 13.8 Å². The van der Waals surface area contributed by atoms with Gasteiger partial charge in [0.15, 0.2) is 0 Å². The van der Waals surface area contributed by atoms with Crippen LogP contribution in [0.4, 0.5) is 5.69 Å². The molecular weight excluding hydrogens is 270 g/mol. The molecule has 106 valence electrons. The third-order valence-corrected chi connectivity index (χ3v) is 3.73. The first-order valence-corrected chi connectivity index (χ1v) is 7.76. The molecule has 0 saturated heterocycles. The molecule has 1 heterocycles. The first-order chi connectivity index (χ1) is 9.58. The maximum absolute atomic E-state index is 11.9. The molecular formula is C15H19N3OS. The molecule has 5 heteroatoms. The fourth-order valence-corrected chi connectivity index (χ4v) is 2.49. The maximum Gasteiger partial charge on any atom is 0.226 e. The Bertz CT molecular complexity index is 607. The Labute approximate surface area is 123 Å². The number of amides is 1. The van der Waals surface area contributed by atoms with Crippen molar-refractivity contribution >= 4 is 23.4 Å². The Morgan fingerprint density at radius 1 is 1.35 bits per heavy atom. The number of anilines is 1. The van der Waals surface area contributed by atoms with Crippen molar-refractivity contribution in [3.63, 3.8) is 0 Å². The number of aryl methyl sites for hydroxylation is 3. The summed E-state index contributed by atoms with van der Waals surface area (Å²) in [4.78, 5) is 13.1. The summed E-state index contributed by atoms with van der Waals surface area (Å²) in [5, 5.41) is 7.27. The standard InChI is InChI=1S/C15H19N3OS/c1-11-9-12(2)18(17-11)8-7-15(19)16-13-5-4-6-14(10-13)20-3/h4-6,9-10H,7-8H2,1-3H3,(H,16,19). The topological polar surface area (TPSA) is 46.9 Å². The van der Waals surface area contributed by atoms with Gasteiger partial charge in [-0.2, -0.15) is 5.10 Å². The highest BCUT2D eigenvalue weighted by Gasteiger charge is 2.06. The normalized spacial score (nSPS) is 10.6. The van der Waals surface area contributed by atoms with Gasteiger partial charge in [0.25, 0.3) is 0 Å². The first-order valence-electron chi connectivity index (χ1n) is 6.53. The Kier molecular flexibility index (Phi) is 4.84. The molecule has 1 amide bonds. The molecule has 0 radical (unpaired) electrons. The van der Waals surface area contributed by atoms with Crippen LogP contribution in [0.25, 0.3) is 0 Å². The Morgan fingerprint density at radius 2 is 2.15 bits per heavy atom. The van der Waals surface area contributed by atoms with Crippen molar-refractivity contribution in [2.24, 2.45) is 0 Å². The van der Waals surface area contributed by atoms with Gasteiger partial charge in [-0.3, -0.25) is 9.48 Å². The van der Waals surface area contributed by atoms with Crippen LogP contribution < -0.4 is 5.32 Å². The molecule has 1 N–H and O–H groups in total. The van der Waals surface area contributed by atoms with E-state index in [0.717, 1.165) is 22.0 Å². The van der Waals surface area contributed by atoms with Crippen LogP contribution in [0.15, 0.2) is 35.2 Å². The predicted octanol–water partition coefficient (Wildman–Crippen LogP) is 3.25. The Hall–Kier alpha value is -1.75. The number of carbonyl (C=O) groups excluding carboxylic acids is 1. The summed E-state index contributed by atoms with van der Waals surface area (Å²) < 4.78 is 1.87. The van der Waals surface area contributed by atoms with Crippen LogP contribution >= 0.6 is 11.8 Å². The van der Waals surface area contributed by atoms with E-state index >= 15 is 0 Å². The molecule has 0 atom stereocenters. The number of nitrogens with zero attached hydrogens (tertiary/aromatic N) is 2. The second-order valence-corrected chi connectivity index (χ2v) is 5.56. The third-order valence-electron chi connectivity index (χ3n) is 3.01. The van der Waals surface area contributed by atoms with Gasteiger partial charge in [-0.1, -0.05) is 6.07 Å². The maximum atomic E-state index is 11.9. The molecule has 20 heavy (non-hydrogen) atoms. The highest BCUT2D eigenvalue weighted by molar-refractivity contribution is 7.98. The van der Waals surface area contributed by atoms with E-state index in [4.69, 9.17) is 0 Å². The van der Waals surface area contributed by atoms with Crippen LogP contribution in [-0.4, -0.2) is 21.9 Å². The van der Waals surface area contributed by atoms with Crippen LogP contribution in [0.1, 0.15) is 17.8 Å². The van der Waals surface area contributed by atoms with Gasteiger partial charge < -0.3 is 5.32 Å². The summed E-state index contributed by atoms with van der Waals surface area (Å²) in [7, 11) is 0. The highest BCUT2D eigenvalue weighted by atomic mass is 32.2. The lowest BCUT2D eigenvalue weighted by Crippen LogP contribution is -2.15. The molecule has 0 unspecified atom stereocenters. The highest BCUT2D eigenvalue weighted by Crippen LogP contribution is 2.19. The summed E-state index contributed by atoms with van der Waals surface area (Å²) in [5.41, 5.74) is 2.91. The summed E-state index contributed by atoms with van der Waals surface area (Å²) >= 11 is 1.66. The SMILES string of the molecule is CSc1cccc(NC(=O)CCn2nc(C)cc2C)c1. The van der Waals surface area contributed by atoms with E-state index < -0.39 is 0 Å². The lowest BCUT2D eigenvalue weighted by molar-refractivity contribution is -0.116. The van der Waals surface area contributed by atoms with Crippen LogP contribution in [-0.2, 0) is 11.3 Å². The molecule has 1 aromatic carbocycles. The lowest BCUT2D eigenvalue weighted by atomic mass is 10.3. The number of hydrogen-bond donors (Lipinski definition) is 1. The molecule has 0 spiro atoms. The van der Waals surface area contributed by atoms with Crippen molar-refractivity contribution in [3.8, 4) is 0 Å². The van der Waals surface area contributed by atoms with Crippen LogP contribution in [0.2, 0.25) is 0 Å². The zero-order valence-corrected chi connectivity index (χ0v) is 12.8. The number of aromatic nitrogens is 2. The second kappa shape index (κ2) is 6.61. The molecule has 0 aliphatic heterocycles. The molecule has 0 aliphatic carbocycles. The lowest BCUT2D eigenvalue weighted by Gasteiger charge is -2.07. The van der Waals surface area contributed by atoms with Crippen molar-refractivity contribution in [2.75, 3.05) is 11.6 Å². The van der Waals surface area contributed by atoms with Gasteiger partial charge in [-0.25, -0.2) is 0 Å². The zero-order chi connectivity index (χ0) is 14.5. The number of thioether (sulfide) groups is 1. The van der Waals surface area contributed by atoms with Gasteiger partial charge in [0, 0.05) is 29.2 Å². The van der Waals surface area contributed by atoms with Gasteiger partial charge in [-0.05, 0) is 44.4 Å². The minimum Gasteiger partial charge on any atom is -0.326 e. The summed E-state index contributed by atoms with van der Waals surface area (Å²) in [6.45, 7) is 4.56. The fraction of sp³-hybridized carbons (Fsp3) is 0.333. The zero-order valence-electron chi connectivity index (χ0n) is 12.0. The molecule has 4 nitrogen and oxygen atoms in total. The van der Waals surface area contributed by atoms with Crippen molar-refractivity contribution in [3.05, 3.63) is 41.7 Å². The summed E-state index contributed by atoms with van der Waals surface area (Å²) in [6.07, 6.45) is 2.44. The van der Waals surface area contributed by atoms with Gasteiger partial charge >= 0.3 is 0 Å². The van der Waals surface area contributed by atoms with Crippen LogP contribution in [0.5, 0.6) is 0 Å². The fourth-order valence-electron chi connectivity index (χ4n) is 2.03. The van der Waals surface area contributed by atoms with Gasteiger partial charge in [0.1, 0.15) is 0 Å². The van der Waals surface area contributed by atoms with E-state index in [1.54, 1.807) is 11.8 Å². The summed E-state index contributed by atoms with van der Waals surface area (Å²) in [6, 6.07) is 9.87. The minimum atomic E-state index is 0.0100. The monoisotopic (exact) mass is 289 g/mol. The number of carbonyl (C=O) groups is 1. The van der Waals surface area contributed by atoms with E-state index in [1.807, 2.05) is 55.1 Å². The first kappa shape index (κ1) is 14.7. The van der Waals surface area contributed by atoms with E-state index in [0.29, 0.717) is 13.0 Å². The average molecular weight is 289 g/mol. The Balaban J connectivity index is 1.90. The summed E-state index contributed by atoms with van der Waals surface area (Å²) in [5.74, 6) is 0.0100. The van der Waals surface area contributed by atoms with E-state index in [9.17, 15) is 4.79 Å². The number of rotatable bonds is 5. The van der Waals surface area contributed by atoms with E-state index in [1.165, 1.54) is 0 Å². The molecule has 0 fully saturated rings. The third kappa shape index (κ3) is 3.87. The van der Waals surface area contributed by atoms with E-state index in [-0.39, 0.29) is 5.91 Å². The molecule has 0 bridgehead atoms. The van der Waals surface area contributed by atoms with E-state index in [2.05, 4.69) is 10.4 Å². The molecule has 0 saturated carbocycles. The number of nitrogens with one attached hydrogen (secondary N) is 1. The molecule has 1 aromatic heterocycles. The average Bonchev–Trinajstić information content (AvgIpc) is 2.75. The van der Waals surface area contributed by atoms with Crippen molar-refractivity contribution < 1.29 is 4.79 Å². The van der Waals surface area contributed by atoms with Gasteiger partial charge in [-0.15, -0.1) is 11.8 Å². The number of hydrogen-bond acceptors (Lipinski definition) is 3. The second-order valence-electron chi connectivity index (χ2n) is 4.68. The van der Waals surface area contributed by atoms with Crippen molar-refractivity contribution in [2.45, 2.75) is 31.7 Å². The van der Waals surface area contributed by atoms with Gasteiger partial charge in [0.05, 0.1) is 5.69 Å². The van der Waals surface area contributed by atoms with Crippen molar-refractivity contribution in [1.82, 2.24) is 9.78 Å².